The zero-order chi connectivity index (χ0) is 17.4. The Labute approximate surface area is 147 Å². The molecule has 0 radical (unpaired) electrons. The molecule has 2 atom stereocenters. The van der Waals surface area contributed by atoms with Crippen LogP contribution in [0.5, 0.6) is 11.5 Å². The molecule has 5 nitrogen and oxygen atoms in total. The first-order valence-corrected chi connectivity index (χ1v) is 8.39. The number of hydrogen-bond acceptors (Lipinski definition) is 4. The predicted molar refractivity (Wildman–Crippen MR) is 94.1 cm³/mol. The highest BCUT2D eigenvalue weighted by molar-refractivity contribution is 6.06. The topological polar surface area (TPSA) is 48.0 Å². The minimum absolute atomic E-state index is 0.0261. The molecule has 0 aliphatic carbocycles. The number of carbonyl (C=O) groups is 1. The van der Waals surface area contributed by atoms with E-state index in [1.54, 1.807) is 14.2 Å². The van der Waals surface area contributed by atoms with E-state index < -0.39 is 5.41 Å². The number of hydrogen-bond donors (Lipinski definition) is 0. The number of carbonyl (C=O) groups excluding carboxylic acids is 1. The number of rotatable bonds is 4. The van der Waals surface area contributed by atoms with Gasteiger partial charge in [-0.3, -0.25) is 4.79 Å². The van der Waals surface area contributed by atoms with E-state index in [-0.39, 0.29) is 11.9 Å². The third-order valence-electron chi connectivity index (χ3n) is 5.26. The molecule has 5 heteroatoms. The highest BCUT2D eigenvalue weighted by atomic mass is 16.5. The van der Waals surface area contributed by atoms with Crippen molar-refractivity contribution in [2.45, 2.75) is 12.5 Å². The van der Waals surface area contributed by atoms with Crippen LogP contribution in [0.15, 0.2) is 48.5 Å². The molecule has 2 heterocycles. The Balaban J connectivity index is 1.72. The van der Waals surface area contributed by atoms with Crippen LogP contribution in [0.25, 0.3) is 0 Å². The molecule has 2 fully saturated rings. The summed E-state index contributed by atoms with van der Waals surface area (Å²) in [7, 11) is 3.28. The Morgan fingerprint density at radius 2 is 1.60 bits per heavy atom. The molecule has 2 aliphatic rings. The molecule has 1 amide bonds. The number of methoxy groups -OCH3 is 2. The zero-order valence-electron chi connectivity index (χ0n) is 14.4. The van der Waals surface area contributed by atoms with Gasteiger partial charge in [0.15, 0.2) is 0 Å². The lowest BCUT2D eigenvalue weighted by molar-refractivity contribution is -0.140. The van der Waals surface area contributed by atoms with Gasteiger partial charge in [0.25, 0.3) is 0 Å². The maximum atomic E-state index is 13.0. The van der Waals surface area contributed by atoms with Crippen molar-refractivity contribution in [1.29, 1.82) is 0 Å². The van der Waals surface area contributed by atoms with Gasteiger partial charge in [-0.25, -0.2) is 0 Å². The Kier molecular flexibility index (Phi) is 3.88. The number of anilines is 1. The Bertz CT molecular complexity index is 763. The first-order chi connectivity index (χ1) is 12.2. The highest BCUT2D eigenvalue weighted by Gasteiger charge is 2.63. The van der Waals surface area contributed by atoms with E-state index in [9.17, 15) is 4.79 Å². The molecular weight excluding hydrogens is 318 g/mol. The summed E-state index contributed by atoms with van der Waals surface area (Å²) < 4.78 is 16.1. The second kappa shape index (κ2) is 6.08. The lowest BCUT2D eigenvalue weighted by atomic mass is 9.67. The van der Waals surface area contributed by atoms with Gasteiger partial charge >= 0.3 is 0 Å². The number of ether oxygens (including phenoxy) is 3. The third-order valence-corrected chi connectivity index (χ3v) is 5.26. The van der Waals surface area contributed by atoms with Crippen LogP contribution >= 0.6 is 0 Å². The fraction of sp³-hybridized carbons (Fsp3) is 0.350. The minimum Gasteiger partial charge on any atom is -0.497 e. The molecule has 130 valence electrons. The standard InChI is InChI=1S/C20H21NO4/c1-23-16-7-3-14(4-8-16)18-20(11-12-25-13-20)19(22)21(18)15-5-9-17(24-2)10-6-15/h3-10,18H,11-13H2,1-2H3/t18-,20+/m1/s1. The lowest BCUT2D eigenvalue weighted by Crippen LogP contribution is -2.64. The van der Waals surface area contributed by atoms with Crippen LogP contribution in [0, 0.1) is 5.41 Å². The normalized spacial score (nSPS) is 25.1. The van der Waals surface area contributed by atoms with Gasteiger partial charge in [-0.05, 0) is 48.4 Å². The Morgan fingerprint density at radius 1 is 1.00 bits per heavy atom. The van der Waals surface area contributed by atoms with Crippen molar-refractivity contribution in [3.63, 3.8) is 0 Å². The molecule has 1 spiro atoms. The fourth-order valence-electron chi connectivity index (χ4n) is 3.88. The van der Waals surface area contributed by atoms with E-state index in [4.69, 9.17) is 14.2 Å². The predicted octanol–water partition coefficient (Wildman–Crippen LogP) is 3.20. The summed E-state index contributed by atoms with van der Waals surface area (Å²) in [5.74, 6) is 1.72. The molecule has 0 bridgehead atoms. The zero-order valence-corrected chi connectivity index (χ0v) is 14.4. The summed E-state index contributed by atoms with van der Waals surface area (Å²) in [6.45, 7) is 1.12. The molecule has 2 aromatic carbocycles. The summed E-state index contributed by atoms with van der Waals surface area (Å²) in [6.07, 6.45) is 0.759. The second-order valence-corrected chi connectivity index (χ2v) is 6.51. The maximum absolute atomic E-state index is 13.0. The van der Waals surface area contributed by atoms with Gasteiger partial charge < -0.3 is 19.1 Å². The largest absolute Gasteiger partial charge is 0.497 e. The molecule has 2 saturated heterocycles. The van der Waals surface area contributed by atoms with Gasteiger partial charge in [-0.1, -0.05) is 12.1 Å². The summed E-state index contributed by atoms with van der Waals surface area (Å²) in [5, 5.41) is 0. The van der Waals surface area contributed by atoms with Crippen LogP contribution in [-0.4, -0.2) is 33.3 Å². The third kappa shape index (κ3) is 2.38. The molecule has 0 unspecified atom stereocenters. The van der Waals surface area contributed by atoms with Crippen LogP contribution in [-0.2, 0) is 9.53 Å². The van der Waals surface area contributed by atoms with Crippen LogP contribution in [0.2, 0.25) is 0 Å². The average Bonchev–Trinajstić information content (AvgIpc) is 3.18. The first kappa shape index (κ1) is 16.0. The van der Waals surface area contributed by atoms with Crippen LogP contribution in [0.1, 0.15) is 18.0 Å². The van der Waals surface area contributed by atoms with E-state index >= 15 is 0 Å². The summed E-state index contributed by atoms with van der Waals surface area (Å²) in [5.41, 5.74) is 1.53. The summed E-state index contributed by atoms with van der Waals surface area (Å²) in [4.78, 5) is 14.9. The molecule has 2 aliphatic heterocycles. The molecule has 0 aromatic heterocycles. The van der Waals surface area contributed by atoms with E-state index in [2.05, 4.69) is 0 Å². The van der Waals surface area contributed by atoms with Gasteiger partial charge in [-0.2, -0.15) is 0 Å². The summed E-state index contributed by atoms with van der Waals surface area (Å²) in [6, 6.07) is 15.5. The monoisotopic (exact) mass is 339 g/mol. The van der Waals surface area contributed by atoms with Crippen LogP contribution in [0.4, 0.5) is 5.69 Å². The van der Waals surface area contributed by atoms with Gasteiger partial charge in [0.05, 0.1) is 26.9 Å². The second-order valence-electron chi connectivity index (χ2n) is 6.51. The highest BCUT2D eigenvalue weighted by Crippen LogP contribution is 2.56. The average molecular weight is 339 g/mol. The van der Waals surface area contributed by atoms with Crippen LogP contribution < -0.4 is 14.4 Å². The Morgan fingerprint density at radius 3 is 2.12 bits per heavy atom. The number of benzene rings is 2. The molecule has 0 saturated carbocycles. The van der Waals surface area contributed by atoms with Gasteiger partial charge in [0.2, 0.25) is 5.91 Å². The molecule has 0 N–H and O–H groups in total. The van der Waals surface area contributed by atoms with E-state index in [0.29, 0.717) is 13.2 Å². The van der Waals surface area contributed by atoms with Crippen LogP contribution in [0.3, 0.4) is 0 Å². The molecule has 2 aromatic rings. The van der Waals surface area contributed by atoms with Gasteiger partial charge in [-0.15, -0.1) is 0 Å². The van der Waals surface area contributed by atoms with Crippen molar-refractivity contribution < 1.29 is 19.0 Å². The first-order valence-electron chi connectivity index (χ1n) is 8.39. The maximum Gasteiger partial charge on any atom is 0.238 e. The van der Waals surface area contributed by atoms with Crippen molar-refractivity contribution in [1.82, 2.24) is 0 Å². The molecule has 25 heavy (non-hydrogen) atoms. The number of nitrogens with zero attached hydrogens (tertiary/aromatic N) is 1. The van der Waals surface area contributed by atoms with Crippen molar-refractivity contribution in [2.75, 3.05) is 32.3 Å². The SMILES string of the molecule is COc1ccc([C@H]2N(c3ccc(OC)cc3)C(=O)[C@]23CCOC3)cc1. The number of β-lactam (4-membered cyclic amide) rings is 1. The smallest absolute Gasteiger partial charge is 0.238 e. The fourth-order valence-corrected chi connectivity index (χ4v) is 3.88. The van der Waals surface area contributed by atoms with E-state index in [1.165, 1.54) is 0 Å². The summed E-state index contributed by atoms with van der Waals surface area (Å²) >= 11 is 0. The van der Waals surface area contributed by atoms with E-state index in [1.807, 2.05) is 53.4 Å². The van der Waals surface area contributed by atoms with E-state index in [0.717, 1.165) is 29.2 Å². The Hall–Kier alpha value is -2.53. The quantitative estimate of drug-likeness (QED) is 0.803. The lowest BCUT2D eigenvalue weighted by Gasteiger charge is -2.54. The van der Waals surface area contributed by atoms with Crippen molar-refractivity contribution >= 4 is 11.6 Å². The van der Waals surface area contributed by atoms with Gasteiger partial charge in [0, 0.05) is 12.3 Å². The molecule has 4 rings (SSSR count). The van der Waals surface area contributed by atoms with Gasteiger partial charge in [0.1, 0.15) is 16.9 Å². The molecular formula is C20H21NO4. The minimum atomic E-state index is -0.450. The van der Waals surface area contributed by atoms with Crippen molar-refractivity contribution in [3.05, 3.63) is 54.1 Å². The van der Waals surface area contributed by atoms with Crippen molar-refractivity contribution in [3.8, 4) is 11.5 Å². The van der Waals surface area contributed by atoms with Crippen molar-refractivity contribution in [2.24, 2.45) is 5.41 Å². The number of amides is 1.